The highest BCUT2D eigenvalue weighted by Crippen LogP contribution is 2.09. The largest absolute Gasteiger partial charge is 0.329 e. The van der Waals surface area contributed by atoms with Gasteiger partial charge in [-0.25, -0.2) is 17.9 Å². The molecule has 1 rings (SSSR count). The van der Waals surface area contributed by atoms with Gasteiger partial charge in [-0.15, -0.1) is 0 Å². The summed E-state index contributed by atoms with van der Waals surface area (Å²) in [6.07, 6.45) is 0. The number of nitriles is 1. The van der Waals surface area contributed by atoms with Crippen molar-refractivity contribution in [2.45, 2.75) is 0 Å². The van der Waals surface area contributed by atoms with Crippen molar-refractivity contribution in [3.05, 3.63) is 22.8 Å². The Morgan fingerprint density at radius 2 is 1.67 bits per heavy atom. The average molecular weight is 375 g/mol. The number of hydrogen-bond donors (Lipinski definition) is 2. The van der Waals surface area contributed by atoms with Crippen LogP contribution in [0, 0.1) is 24.5 Å². The molecule has 3 N–H and O–H groups in total. The number of urea groups is 1. The Kier molecular flexibility index (Phi) is 11.5. The molecule has 0 aromatic heterocycles. The average Bonchev–Trinajstić information content (AvgIpc) is 3.01. The molecule has 0 aromatic rings. The molecule has 1 heterocycles. The summed E-state index contributed by atoms with van der Waals surface area (Å²) in [6, 6.07) is 2.06. The summed E-state index contributed by atoms with van der Waals surface area (Å²) >= 11 is 0. The van der Waals surface area contributed by atoms with Crippen LogP contribution in [0.5, 0.6) is 0 Å². The fourth-order valence-corrected chi connectivity index (χ4v) is 2.86. The standard InChI is InChI=1S/C17H29N9O/c1-20-15-24(16-21-2)10-12-26-14-13-25(17(26)27)11-9-23(7-4-19)8-6-22-5-3-18/h22H,4-16,19H2. The number of carbonyl (C=O) groups excluding carboxylic acids is 1. The molecule has 0 atom stereocenters. The van der Waals surface area contributed by atoms with Crippen LogP contribution in [0.25, 0.3) is 9.69 Å². The van der Waals surface area contributed by atoms with E-state index in [1.165, 1.54) is 0 Å². The van der Waals surface area contributed by atoms with Gasteiger partial charge in [-0.2, -0.15) is 10.2 Å². The van der Waals surface area contributed by atoms with Gasteiger partial charge in [0.1, 0.15) is 0 Å². The third-order valence-corrected chi connectivity index (χ3v) is 4.35. The van der Waals surface area contributed by atoms with Gasteiger partial charge >= 0.3 is 6.03 Å². The van der Waals surface area contributed by atoms with Crippen LogP contribution in [0.2, 0.25) is 0 Å². The lowest BCUT2D eigenvalue weighted by atomic mass is 10.4. The maximum atomic E-state index is 12.5. The molecule has 1 saturated heterocycles. The number of nitrogens with one attached hydrogen (secondary N) is 1. The molecule has 0 saturated carbocycles. The van der Waals surface area contributed by atoms with Crippen molar-refractivity contribution in [1.82, 2.24) is 24.9 Å². The van der Waals surface area contributed by atoms with Crippen molar-refractivity contribution < 1.29 is 4.79 Å². The molecule has 148 valence electrons. The van der Waals surface area contributed by atoms with Crippen molar-refractivity contribution >= 4 is 6.03 Å². The Hall–Kier alpha value is -2.42. The predicted molar refractivity (Wildman–Crippen MR) is 102 cm³/mol. The molecule has 27 heavy (non-hydrogen) atoms. The van der Waals surface area contributed by atoms with E-state index in [1.807, 2.05) is 11.0 Å². The Labute approximate surface area is 161 Å². The number of amides is 2. The summed E-state index contributed by atoms with van der Waals surface area (Å²) in [6.45, 7) is 21.2. The molecule has 1 aliphatic heterocycles. The summed E-state index contributed by atoms with van der Waals surface area (Å²) in [5.74, 6) is 0. The summed E-state index contributed by atoms with van der Waals surface area (Å²) in [4.78, 5) is 26.7. The SMILES string of the molecule is [C-]#[N+]CN(CCN1CCN(CCN(CCN)CCNCC#N)C1=O)C[N+]#[C-]. The number of carbonyl (C=O) groups is 1. The number of nitrogens with two attached hydrogens (primary N) is 1. The molecule has 2 amide bonds. The molecule has 0 aromatic carbocycles. The first kappa shape index (κ1) is 22.6. The van der Waals surface area contributed by atoms with Gasteiger partial charge in [0, 0.05) is 65.4 Å². The second-order valence-electron chi connectivity index (χ2n) is 6.22. The Balaban J connectivity index is 2.37. The normalized spacial score (nSPS) is 13.9. The van der Waals surface area contributed by atoms with Gasteiger partial charge in [0.25, 0.3) is 13.3 Å². The number of hydrogen-bond acceptors (Lipinski definition) is 6. The van der Waals surface area contributed by atoms with Crippen molar-refractivity contribution in [2.75, 3.05) is 85.3 Å². The highest BCUT2D eigenvalue weighted by Gasteiger charge is 2.28. The van der Waals surface area contributed by atoms with Crippen LogP contribution < -0.4 is 11.1 Å². The molecular formula is C17H29N9O. The third-order valence-electron chi connectivity index (χ3n) is 4.35. The minimum atomic E-state index is 0.0101. The minimum Gasteiger partial charge on any atom is -0.329 e. The van der Waals surface area contributed by atoms with E-state index >= 15 is 0 Å². The van der Waals surface area contributed by atoms with Crippen LogP contribution >= 0.6 is 0 Å². The molecular weight excluding hydrogens is 346 g/mol. The van der Waals surface area contributed by atoms with Gasteiger partial charge in [0.2, 0.25) is 0 Å². The smallest absolute Gasteiger partial charge is 0.320 e. The van der Waals surface area contributed by atoms with Gasteiger partial charge in [-0.05, 0) is 0 Å². The molecule has 0 bridgehead atoms. The molecule has 10 nitrogen and oxygen atoms in total. The summed E-state index contributed by atoms with van der Waals surface area (Å²) in [5.41, 5.74) is 5.66. The van der Waals surface area contributed by atoms with Crippen molar-refractivity contribution in [3.63, 3.8) is 0 Å². The molecule has 10 heteroatoms. The highest BCUT2D eigenvalue weighted by atomic mass is 16.2. The fourth-order valence-electron chi connectivity index (χ4n) is 2.86. The molecule has 0 spiro atoms. The second kappa shape index (κ2) is 13.7. The van der Waals surface area contributed by atoms with E-state index in [-0.39, 0.29) is 19.4 Å². The lowest BCUT2D eigenvalue weighted by Crippen LogP contribution is -2.42. The second-order valence-corrected chi connectivity index (χ2v) is 6.22. The summed E-state index contributed by atoms with van der Waals surface area (Å²) in [7, 11) is 0. The van der Waals surface area contributed by atoms with E-state index in [4.69, 9.17) is 24.1 Å². The number of nitrogens with zero attached hydrogens (tertiary/aromatic N) is 7. The molecule has 0 radical (unpaired) electrons. The Morgan fingerprint density at radius 3 is 2.19 bits per heavy atom. The van der Waals surface area contributed by atoms with Gasteiger partial charge in [0.05, 0.1) is 12.6 Å². The van der Waals surface area contributed by atoms with Crippen LogP contribution in [0.4, 0.5) is 4.79 Å². The first-order valence-electron chi connectivity index (χ1n) is 9.09. The lowest BCUT2D eigenvalue weighted by molar-refractivity contribution is 0.178. The van der Waals surface area contributed by atoms with Gasteiger partial charge in [0.15, 0.2) is 0 Å². The van der Waals surface area contributed by atoms with Gasteiger partial charge in [-0.1, -0.05) is 0 Å². The maximum Gasteiger partial charge on any atom is 0.320 e. The predicted octanol–water partition coefficient (Wildman–Crippen LogP) is -0.847. The van der Waals surface area contributed by atoms with Crippen molar-refractivity contribution in [3.8, 4) is 6.07 Å². The first-order chi connectivity index (χ1) is 13.2. The van der Waals surface area contributed by atoms with Crippen molar-refractivity contribution in [1.29, 1.82) is 5.26 Å². The third kappa shape index (κ3) is 8.67. The fraction of sp³-hybridized carbons (Fsp3) is 0.765. The topological polar surface area (TPSA) is 101 Å². The van der Waals surface area contributed by atoms with Crippen LogP contribution in [0.15, 0.2) is 0 Å². The van der Waals surface area contributed by atoms with E-state index in [2.05, 4.69) is 19.9 Å². The van der Waals surface area contributed by atoms with Crippen LogP contribution in [0.1, 0.15) is 0 Å². The van der Waals surface area contributed by atoms with E-state index in [0.29, 0.717) is 52.4 Å². The van der Waals surface area contributed by atoms with Crippen LogP contribution in [0.3, 0.4) is 0 Å². The maximum absolute atomic E-state index is 12.5. The lowest BCUT2D eigenvalue weighted by Gasteiger charge is -2.25. The first-order valence-corrected chi connectivity index (χ1v) is 9.09. The van der Waals surface area contributed by atoms with Crippen LogP contribution in [-0.2, 0) is 0 Å². The van der Waals surface area contributed by atoms with Crippen LogP contribution in [-0.4, -0.2) is 111 Å². The van der Waals surface area contributed by atoms with E-state index in [9.17, 15) is 4.79 Å². The van der Waals surface area contributed by atoms with E-state index < -0.39 is 0 Å². The highest BCUT2D eigenvalue weighted by molar-refractivity contribution is 5.76. The van der Waals surface area contributed by atoms with Gasteiger partial charge < -0.3 is 20.9 Å². The van der Waals surface area contributed by atoms with Gasteiger partial charge in [-0.3, -0.25) is 14.6 Å². The number of rotatable bonds is 14. The monoisotopic (exact) mass is 375 g/mol. The Morgan fingerprint density at radius 1 is 1.07 bits per heavy atom. The molecule has 0 unspecified atom stereocenters. The summed E-state index contributed by atoms with van der Waals surface area (Å²) < 4.78 is 0. The molecule has 0 aliphatic carbocycles. The molecule has 1 fully saturated rings. The zero-order valence-electron chi connectivity index (χ0n) is 15.8. The van der Waals surface area contributed by atoms with E-state index in [1.54, 1.807) is 9.80 Å². The minimum absolute atomic E-state index is 0.0101. The zero-order chi connectivity index (χ0) is 19.9. The zero-order valence-corrected chi connectivity index (χ0v) is 15.8. The van der Waals surface area contributed by atoms with E-state index in [0.717, 1.165) is 19.6 Å². The van der Waals surface area contributed by atoms with Crippen molar-refractivity contribution in [2.24, 2.45) is 5.73 Å². The summed E-state index contributed by atoms with van der Waals surface area (Å²) in [5, 5.41) is 11.6. The quantitative estimate of drug-likeness (QED) is 0.233. The Bertz CT molecular complexity index is 546. The molecule has 1 aliphatic rings.